The second-order valence-corrected chi connectivity index (χ2v) is 7.64. The van der Waals surface area contributed by atoms with Gasteiger partial charge in [-0.15, -0.1) is 11.3 Å². The molecular weight excluding hydrogens is 353 g/mol. The van der Waals surface area contributed by atoms with Crippen LogP contribution in [-0.2, 0) is 24.2 Å². The van der Waals surface area contributed by atoms with E-state index in [0.717, 1.165) is 35.2 Å². The molecule has 0 spiro atoms. The number of fused-ring (bicyclic) bond motifs is 3. The molecule has 0 aliphatic heterocycles. The Hall–Kier alpha value is -2.54. The number of amides is 1. The minimum atomic E-state index is -0.318. The summed E-state index contributed by atoms with van der Waals surface area (Å²) in [6, 6.07) is 5.71. The van der Waals surface area contributed by atoms with Crippen molar-refractivity contribution < 1.29 is 9.18 Å². The molecule has 3 aromatic rings. The van der Waals surface area contributed by atoms with Gasteiger partial charge in [0.15, 0.2) is 0 Å². The van der Waals surface area contributed by atoms with E-state index in [1.807, 2.05) is 6.92 Å². The monoisotopic (exact) mass is 371 g/mol. The highest BCUT2D eigenvalue weighted by Crippen LogP contribution is 2.34. The van der Waals surface area contributed by atoms with Gasteiger partial charge in [-0.25, -0.2) is 9.37 Å². The summed E-state index contributed by atoms with van der Waals surface area (Å²) in [6.07, 6.45) is 4.43. The fraction of sp³-hybridized carbons (Fsp3) is 0.316. The smallest absolute Gasteiger partial charge is 0.262 e. The Labute approximate surface area is 153 Å². The Kier molecular flexibility index (Phi) is 4.32. The summed E-state index contributed by atoms with van der Waals surface area (Å²) in [5.74, 6) is -0.599. The van der Waals surface area contributed by atoms with Crippen LogP contribution in [0.2, 0.25) is 0 Å². The lowest BCUT2D eigenvalue weighted by Gasteiger charge is -2.15. The van der Waals surface area contributed by atoms with Gasteiger partial charge >= 0.3 is 0 Å². The van der Waals surface area contributed by atoms with Crippen LogP contribution in [0.5, 0.6) is 0 Å². The van der Waals surface area contributed by atoms with Crippen LogP contribution in [-0.4, -0.2) is 15.5 Å². The summed E-state index contributed by atoms with van der Waals surface area (Å²) >= 11 is 1.58. The summed E-state index contributed by atoms with van der Waals surface area (Å²) in [7, 11) is 0. The summed E-state index contributed by atoms with van der Waals surface area (Å²) < 4.78 is 14.4. The number of hydrogen-bond acceptors (Lipinski definition) is 4. The third-order valence-electron chi connectivity index (χ3n) is 4.75. The van der Waals surface area contributed by atoms with Crippen molar-refractivity contribution in [1.29, 1.82) is 0 Å². The first-order chi connectivity index (χ1) is 12.5. The fourth-order valence-corrected chi connectivity index (χ4v) is 4.63. The Balaban J connectivity index is 1.53. The summed E-state index contributed by atoms with van der Waals surface area (Å²) in [5.41, 5.74) is 1.76. The van der Waals surface area contributed by atoms with Gasteiger partial charge in [-0.05, 0) is 49.4 Å². The van der Waals surface area contributed by atoms with E-state index in [9.17, 15) is 14.0 Å². The van der Waals surface area contributed by atoms with Gasteiger partial charge in [0.05, 0.1) is 17.8 Å². The predicted molar refractivity (Wildman–Crippen MR) is 98.9 cm³/mol. The van der Waals surface area contributed by atoms with Crippen molar-refractivity contribution in [3.63, 3.8) is 0 Å². The molecule has 0 saturated carbocycles. The van der Waals surface area contributed by atoms with Crippen molar-refractivity contribution in [3.05, 3.63) is 62.8 Å². The molecule has 26 heavy (non-hydrogen) atoms. The van der Waals surface area contributed by atoms with Crippen LogP contribution in [0.15, 0.2) is 35.4 Å². The summed E-state index contributed by atoms with van der Waals surface area (Å²) in [6.45, 7) is 1.74. The van der Waals surface area contributed by atoms with Gasteiger partial charge in [-0.3, -0.25) is 14.2 Å². The van der Waals surface area contributed by atoms with Crippen molar-refractivity contribution >= 4 is 27.5 Å². The van der Waals surface area contributed by atoms with Gasteiger partial charge in [-0.2, -0.15) is 0 Å². The van der Waals surface area contributed by atoms with Crippen LogP contribution in [0.25, 0.3) is 10.2 Å². The molecule has 0 fully saturated rings. The van der Waals surface area contributed by atoms with Crippen LogP contribution >= 0.6 is 11.3 Å². The number of halogens is 1. The number of rotatable bonds is 4. The number of benzene rings is 1. The highest BCUT2D eigenvalue weighted by molar-refractivity contribution is 7.18. The predicted octanol–water partition coefficient (Wildman–Crippen LogP) is 2.96. The van der Waals surface area contributed by atoms with E-state index in [4.69, 9.17) is 0 Å². The molecule has 1 atom stereocenters. The number of carbonyl (C=O) groups is 1. The van der Waals surface area contributed by atoms with Gasteiger partial charge in [0.1, 0.15) is 17.2 Å². The van der Waals surface area contributed by atoms with E-state index in [-0.39, 0.29) is 29.9 Å². The third kappa shape index (κ3) is 3.03. The lowest BCUT2D eigenvalue weighted by molar-refractivity contribution is -0.122. The fourth-order valence-electron chi connectivity index (χ4n) is 3.41. The Bertz CT molecular complexity index is 1040. The number of aromatic nitrogens is 2. The van der Waals surface area contributed by atoms with Gasteiger partial charge in [0, 0.05) is 4.88 Å². The molecule has 1 N–H and O–H groups in total. The van der Waals surface area contributed by atoms with Crippen LogP contribution in [0.3, 0.4) is 0 Å². The van der Waals surface area contributed by atoms with E-state index in [2.05, 4.69) is 10.3 Å². The minimum Gasteiger partial charge on any atom is -0.348 e. The molecule has 7 heteroatoms. The highest BCUT2D eigenvalue weighted by atomic mass is 32.1. The van der Waals surface area contributed by atoms with Crippen LogP contribution in [0, 0.1) is 5.82 Å². The quantitative estimate of drug-likeness (QED) is 0.767. The molecule has 5 nitrogen and oxygen atoms in total. The summed E-state index contributed by atoms with van der Waals surface area (Å²) in [4.78, 5) is 31.5. The van der Waals surface area contributed by atoms with E-state index in [0.29, 0.717) is 5.39 Å². The number of nitrogens with one attached hydrogen (secondary N) is 1. The molecule has 0 saturated heterocycles. The van der Waals surface area contributed by atoms with Crippen molar-refractivity contribution in [2.45, 2.75) is 38.8 Å². The molecule has 0 unspecified atom stereocenters. The molecule has 0 bridgehead atoms. The first-order valence-electron chi connectivity index (χ1n) is 8.57. The molecule has 2 aromatic heterocycles. The van der Waals surface area contributed by atoms with Gasteiger partial charge < -0.3 is 5.32 Å². The van der Waals surface area contributed by atoms with Crippen molar-refractivity contribution in [2.75, 3.05) is 0 Å². The average molecular weight is 371 g/mol. The molecule has 0 radical (unpaired) electrons. The molecule has 1 aliphatic rings. The number of thiophene rings is 1. The minimum absolute atomic E-state index is 0.0854. The van der Waals surface area contributed by atoms with E-state index >= 15 is 0 Å². The summed E-state index contributed by atoms with van der Waals surface area (Å²) in [5, 5.41) is 3.51. The average Bonchev–Trinajstić information content (AvgIpc) is 3.18. The molecule has 1 aromatic carbocycles. The van der Waals surface area contributed by atoms with E-state index in [1.54, 1.807) is 23.5 Å². The maximum absolute atomic E-state index is 13.0. The lowest BCUT2D eigenvalue weighted by Crippen LogP contribution is -2.34. The van der Waals surface area contributed by atoms with Crippen LogP contribution in [0.4, 0.5) is 4.39 Å². The van der Waals surface area contributed by atoms with Gasteiger partial charge in [-0.1, -0.05) is 12.1 Å². The molecule has 4 rings (SSSR count). The topological polar surface area (TPSA) is 64.0 Å². The van der Waals surface area contributed by atoms with Gasteiger partial charge in [0.2, 0.25) is 5.91 Å². The normalized spacial score (nSPS) is 14.4. The highest BCUT2D eigenvalue weighted by Gasteiger charge is 2.21. The third-order valence-corrected chi connectivity index (χ3v) is 5.95. The standard InChI is InChI=1S/C19H18FN3O2S/c1-11(12-5-7-13(20)8-6-12)22-16(24)9-23-10-21-18-17(19(23)25)14-3-2-4-15(14)26-18/h5-8,10-11H,2-4,9H2,1H3,(H,22,24)/t11-/m1/s1. The first kappa shape index (κ1) is 16.9. The van der Waals surface area contributed by atoms with Crippen molar-refractivity contribution in [2.24, 2.45) is 0 Å². The molecule has 1 amide bonds. The Morgan fingerprint density at radius 2 is 2.12 bits per heavy atom. The lowest BCUT2D eigenvalue weighted by atomic mass is 10.1. The SMILES string of the molecule is C[C@@H](NC(=O)Cn1cnc2sc3c(c2c1=O)CCC3)c1ccc(F)cc1. The zero-order valence-electron chi connectivity index (χ0n) is 14.3. The Morgan fingerprint density at radius 3 is 2.88 bits per heavy atom. The Morgan fingerprint density at radius 1 is 1.35 bits per heavy atom. The van der Waals surface area contributed by atoms with Crippen molar-refractivity contribution in [3.8, 4) is 0 Å². The first-order valence-corrected chi connectivity index (χ1v) is 9.39. The number of aryl methyl sites for hydroxylation is 2. The van der Waals surface area contributed by atoms with Crippen LogP contribution in [0.1, 0.15) is 35.4 Å². The molecule has 2 heterocycles. The molecular formula is C19H18FN3O2S. The number of nitrogens with zero attached hydrogens (tertiary/aromatic N) is 2. The van der Waals surface area contributed by atoms with E-state index < -0.39 is 0 Å². The molecule has 134 valence electrons. The second kappa shape index (κ2) is 6.64. The zero-order chi connectivity index (χ0) is 18.3. The van der Waals surface area contributed by atoms with Crippen LogP contribution < -0.4 is 10.9 Å². The maximum atomic E-state index is 13.0. The number of carbonyl (C=O) groups excluding carboxylic acids is 1. The maximum Gasteiger partial charge on any atom is 0.262 e. The van der Waals surface area contributed by atoms with Crippen molar-refractivity contribution in [1.82, 2.24) is 14.9 Å². The zero-order valence-corrected chi connectivity index (χ0v) is 15.1. The number of hydrogen-bond donors (Lipinski definition) is 1. The second-order valence-electron chi connectivity index (χ2n) is 6.56. The van der Waals surface area contributed by atoms with E-state index in [1.165, 1.54) is 27.9 Å². The van der Waals surface area contributed by atoms with Gasteiger partial charge in [0.25, 0.3) is 5.56 Å². The molecule has 1 aliphatic carbocycles. The largest absolute Gasteiger partial charge is 0.348 e.